The van der Waals surface area contributed by atoms with Crippen LogP contribution in [0.25, 0.3) is 0 Å². The lowest BCUT2D eigenvalue weighted by molar-refractivity contribution is -0.385. The van der Waals surface area contributed by atoms with Crippen molar-refractivity contribution >= 4 is 27.6 Å². The van der Waals surface area contributed by atoms with E-state index < -0.39 is 16.3 Å². The number of nitro benzene ring substituents is 1. The molecular weight excluding hydrogens is 330 g/mol. The Morgan fingerprint density at radius 3 is 2.85 bits per heavy atom. The topological polar surface area (TPSA) is 89.7 Å². The van der Waals surface area contributed by atoms with Crippen molar-refractivity contribution in [1.82, 2.24) is 0 Å². The summed E-state index contributed by atoms with van der Waals surface area (Å²) < 4.78 is 5.88. The van der Waals surface area contributed by atoms with Gasteiger partial charge in [-0.1, -0.05) is 22.0 Å². The van der Waals surface area contributed by atoms with Crippen molar-refractivity contribution in [2.75, 3.05) is 13.2 Å². The van der Waals surface area contributed by atoms with Crippen molar-refractivity contribution in [3.05, 3.63) is 38.3 Å². The molecule has 7 heteroatoms. The maximum Gasteiger partial charge on any atom is 0.312 e. The van der Waals surface area contributed by atoms with Crippen LogP contribution in [0.3, 0.4) is 0 Å². The molecule has 1 atom stereocenters. The summed E-state index contributed by atoms with van der Waals surface area (Å²) in [6.45, 7) is 0.632. The summed E-state index contributed by atoms with van der Waals surface area (Å²) in [5, 5.41) is 20.6. The van der Waals surface area contributed by atoms with Gasteiger partial charge in [-0.2, -0.15) is 0 Å². The number of carboxylic acids is 1. The van der Waals surface area contributed by atoms with Gasteiger partial charge in [0, 0.05) is 22.7 Å². The molecule has 6 nitrogen and oxygen atoms in total. The summed E-state index contributed by atoms with van der Waals surface area (Å²) in [4.78, 5) is 22.2. The molecule has 0 aliphatic carbocycles. The number of carbonyl (C=O) groups is 1. The number of halogens is 1. The highest BCUT2D eigenvalue weighted by Gasteiger charge is 2.42. The second-order valence-electron chi connectivity index (χ2n) is 4.95. The zero-order valence-electron chi connectivity index (χ0n) is 10.7. The lowest BCUT2D eigenvalue weighted by atomic mass is 9.77. The minimum atomic E-state index is -1.07. The van der Waals surface area contributed by atoms with Crippen LogP contribution in [0, 0.1) is 15.5 Å². The molecule has 20 heavy (non-hydrogen) atoms. The maximum atomic E-state index is 11.6. The van der Waals surface area contributed by atoms with Crippen LogP contribution in [0.1, 0.15) is 18.4 Å². The van der Waals surface area contributed by atoms with E-state index in [9.17, 15) is 20.0 Å². The minimum absolute atomic E-state index is 0.0643. The number of carboxylic acid groups (broad SMARTS) is 1. The molecule has 1 fully saturated rings. The van der Waals surface area contributed by atoms with E-state index in [1.807, 2.05) is 0 Å². The molecule has 108 valence electrons. The van der Waals surface area contributed by atoms with Gasteiger partial charge in [-0.3, -0.25) is 14.9 Å². The summed E-state index contributed by atoms with van der Waals surface area (Å²) in [7, 11) is 0. The summed E-state index contributed by atoms with van der Waals surface area (Å²) in [5.41, 5.74) is -0.715. The Bertz CT molecular complexity index is 540. The van der Waals surface area contributed by atoms with Crippen molar-refractivity contribution < 1.29 is 19.6 Å². The zero-order chi connectivity index (χ0) is 14.8. The molecule has 1 aliphatic rings. The quantitative estimate of drug-likeness (QED) is 0.670. The van der Waals surface area contributed by atoms with Gasteiger partial charge in [0.15, 0.2) is 0 Å². The number of rotatable bonds is 4. The fraction of sp³-hybridized carbons (Fsp3) is 0.462. The van der Waals surface area contributed by atoms with Gasteiger partial charge >= 0.3 is 5.97 Å². The Balaban J connectivity index is 2.36. The van der Waals surface area contributed by atoms with Gasteiger partial charge in [-0.15, -0.1) is 0 Å². The molecule has 1 unspecified atom stereocenters. The van der Waals surface area contributed by atoms with E-state index >= 15 is 0 Å². The van der Waals surface area contributed by atoms with Crippen LogP contribution in [-0.2, 0) is 16.0 Å². The Hall–Kier alpha value is -1.47. The third kappa shape index (κ3) is 2.99. The molecule has 1 saturated heterocycles. The average Bonchev–Trinajstić information content (AvgIpc) is 2.41. The number of hydrogen-bond donors (Lipinski definition) is 1. The van der Waals surface area contributed by atoms with Gasteiger partial charge in [0.2, 0.25) is 0 Å². The smallest absolute Gasteiger partial charge is 0.312 e. The molecule has 0 bridgehead atoms. The third-order valence-electron chi connectivity index (χ3n) is 3.55. The van der Waals surface area contributed by atoms with Crippen LogP contribution >= 0.6 is 15.9 Å². The van der Waals surface area contributed by atoms with Gasteiger partial charge in [-0.05, 0) is 25.3 Å². The predicted octanol–water partition coefficient (Wildman–Crippen LogP) is 2.78. The summed E-state index contributed by atoms with van der Waals surface area (Å²) >= 11 is 3.19. The third-order valence-corrected chi connectivity index (χ3v) is 4.04. The fourth-order valence-corrected chi connectivity index (χ4v) is 2.81. The molecule has 0 amide bonds. The molecule has 1 aromatic rings. The molecule has 2 rings (SSSR count). The molecule has 1 aromatic carbocycles. The number of benzene rings is 1. The first kappa shape index (κ1) is 14.9. The lowest BCUT2D eigenvalue weighted by Gasteiger charge is -2.32. The Labute approximate surface area is 124 Å². The average molecular weight is 344 g/mol. The van der Waals surface area contributed by atoms with Crippen LogP contribution in [0.15, 0.2) is 22.7 Å². The lowest BCUT2D eigenvalue weighted by Crippen LogP contribution is -2.41. The highest BCUT2D eigenvalue weighted by molar-refractivity contribution is 9.10. The highest BCUT2D eigenvalue weighted by Crippen LogP contribution is 2.36. The SMILES string of the molecule is O=C(O)C1(Cc2ccc(Br)cc2[N+](=O)[O-])CCCOC1. The highest BCUT2D eigenvalue weighted by atomic mass is 79.9. The molecule has 1 heterocycles. The fourth-order valence-electron chi connectivity index (χ4n) is 2.46. The minimum Gasteiger partial charge on any atom is -0.481 e. The Morgan fingerprint density at radius 2 is 2.30 bits per heavy atom. The zero-order valence-corrected chi connectivity index (χ0v) is 12.3. The van der Waals surface area contributed by atoms with Crippen molar-refractivity contribution in [2.24, 2.45) is 5.41 Å². The number of ether oxygens (including phenoxy) is 1. The van der Waals surface area contributed by atoms with Crippen LogP contribution in [0.4, 0.5) is 5.69 Å². The van der Waals surface area contributed by atoms with Crippen molar-refractivity contribution in [3.63, 3.8) is 0 Å². The molecular formula is C13H14BrNO5. The van der Waals surface area contributed by atoms with E-state index in [0.717, 1.165) is 0 Å². The Morgan fingerprint density at radius 1 is 1.55 bits per heavy atom. The first-order chi connectivity index (χ1) is 9.44. The van der Waals surface area contributed by atoms with Crippen molar-refractivity contribution in [3.8, 4) is 0 Å². The molecule has 1 aliphatic heterocycles. The second-order valence-corrected chi connectivity index (χ2v) is 5.86. The van der Waals surface area contributed by atoms with Crippen LogP contribution in [0.5, 0.6) is 0 Å². The van der Waals surface area contributed by atoms with Gasteiger partial charge in [-0.25, -0.2) is 0 Å². The largest absolute Gasteiger partial charge is 0.481 e. The Kier molecular flexibility index (Phi) is 4.39. The molecule has 0 saturated carbocycles. The number of aliphatic carboxylic acids is 1. The van der Waals surface area contributed by atoms with E-state index in [1.165, 1.54) is 6.07 Å². The van der Waals surface area contributed by atoms with E-state index in [2.05, 4.69) is 15.9 Å². The van der Waals surface area contributed by atoms with Crippen LogP contribution in [0.2, 0.25) is 0 Å². The summed E-state index contributed by atoms with van der Waals surface area (Å²) in [6, 6.07) is 4.68. The van der Waals surface area contributed by atoms with E-state index in [-0.39, 0.29) is 18.7 Å². The van der Waals surface area contributed by atoms with Crippen molar-refractivity contribution in [2.45, 2.75) is 19.3 Å². The van der Waals surface area contributed by atoms with Crippen LogP contribution < -0.4 is 0 Å². The van der Waals surface area contributed by atoms with E-state index in [4.69, 9.17) is 4.74 Å². The van der Waals surface area contributed by atoms with E-state index in [1.54, 1.807) is 12.1 Å². The number of hydrogen-bond acceptors (Lipinski definition) is 4. The molecule has 1 N–H and O–H groups in total. The monoisotopic (exact) mass is 343 g/mol. The summed E-state index contributed by atoms with van der Waals surface area (Å²) in [6.07, 6.45) is 1.22. The number of nitrogens with zero attached hydrogens (tertiary/aromatic N) is 1. The predicted molar refractivity (Wildman–Crippen MR) is 74.6 cm³/mol. The first-order valence-corrected chi connectivity index (χ1v) is 6.98. The molecule has 0 spiro atoms. The number of nitro groups is 1. The maximum absolute atomic E-state index is 11.6. The van der Waals surface area contributed by atoms with Gasteiger partial charge < -0.3 is 9.84 Å². The first-order valence-electron chi connectivity index (χ1n) is 6.19. The summed E-state index contributed by atoms with van der Waals surface area (Å²) in [5.74, 6) is -0.964. The van der Waals surface area contributed by atoms with E-state index in [0.29, 0.717) is 29.5 Å². The van der Waals surface area contributed by atoms with Gasteiger partial charge in [0.05, 0.1) is 16.9 Å². The van der Waals surface area contributed by atoms with Crippen molar-refractivity contribution in [1.29, 1.82) is 0 Å². The molecule has 0 aromatic heterocycles. The molecule has 0 radical (unpaired) electrons. The second kappa shape index (κ2) is 5.88. The van der Waals surface area contributed by atoms with Gasteiger partial charge in [0.1, 0.15) is 0 Å². The standard InChI is InChI=1S/C13H14BrNO5/c14-10-3-2-9(11(6-10)15(18)19)7-13(12(16)17)4-1-5-20-8-13/h2-3,6H,1,4-5,7-8H2,(H,16,17). The van der Waals surface area contributed by atoms with Crippen LogP contribution in [-0.4, -0.2) is 29.2 Å². The van der Waals surface area contributed by atoms with Gasteiger partial charge in [0.25, 0.3) is 5.69 Å². The normalized spacial score (nSPS) is 22.4.